The molecular formula is C16H15ClF3NO2. The van der Waals surface area contributed by atoms with Gasteiger partial charge in [-0.3, -0.25) is 4.79 Å². The summed E-state index contributed by atoms with van der Waals surface area (Å²) >= 11 is 5.66. The summed E-state index contributed by atoms with van der Waals surface area (Å²) in [5.74, 6) is -1.61. The van der Waals surface area contributed by atoms with E-state index in [4.69, 9.17) is 22.1 Å². The molecule has 1 amide bonds. The van der Waals surface area contributed by atoms with Gasteiger partial charge in [-0.15, -0.1) is 0 Å². The third kappa shape index (κ3) is 3.28. The Morgan fingerprint density at radius 3 is 2.65 bits per heavy atom. The molecule has 1 aromatic rings. The Morgan fingerprint density at radius 2 is 2.09 bits per heavy atom. The number of halogens is 4. The van der Waals surface area contributed by atoms with Crippen LogP contribution in [0.15, 0.2) is 42.5 Å². The third-order valence-corrected chi connectivity index (χ3v) is 3.96. The van der Waals surface area contributed by atoms with E-state index in [0.29, 0.717) is 0 Å². The van der Waals surface area contributed by atoms with Crippen molar-refractivity contribution in [3.63, 3.8) is 0 Å². The molecule has 2 unspecified atom stereocenters. The van der Waals surface area contributed by atoms with Crippen molar-refractivity contribution in [2.75, 3.05) is 6.61 Å². The van der Waals surface area contributed by atoms with Crippen molar-refractivity contribution in [3.8, 4) is 0 Å². The van der Waals surface area contributed by atoms with Crippen LogP contribution in [0, 0.1) is 5.92 Å². The van der Waals surface area contributed by atoms with Crippen LogP contribution >= 0.6 is 11.6 Å². The molecule has 2 N–H and O–H groups in total. The highest BCUT2D eigenvalue weighted by atomic mass is 35.5. The zero-order chi connectivity index (χ0) is 17.3. The molecule has 0 aliphatic heterocycles. The van der Waals surface area contributed by atoms with E-state index in [2.05, 4.69) is 0 Å². The lowest BCUT2D eigenvalue weighted by Gasteiger charge is -2.37. The van der Waals surface area contributed by atoms with Crippen molar-refractivity contribution in [1.29, 1.82) is 0 Å². The number of allylic oxidation sites excluding steroid dienone is 2. The molecule has 0 saturated heterocycles. The van der Waals surface area contributed by atoms with Crippen molar-refractivity contribution >= 4 is 17.5 Å². The minimum Gasteiger partial charge on any atom is -0.369 e. The second-order valence-electron chi connectivity index (χ2n) is 5.04. The van der Waals surface area contributed by atoms with Crippen molar-refractivity contribution in [3.05, 3.63) is 58.7 Å². The maximum absolute atomic E-state index is 13.1. The van der Waals surface area contributed by atoms with Gasteiger partial charge in [0.25, 0.3) is 0 Å². The van der Waals surface area contributed by atoms with Crippen LogP contribution in [-0.2, 0) is 21.3 Å². The molecule has 3 nitrogen and oxygen atoms in total. The Kier molecular flexibility index (Phi) is 4.87. The summed E-state index contributed by atoms with van der Waals surface area (Å²) in [6.45, 7) is 1.87. The highest BCUT2D eigenvalue weighted by Crippen LogP contribution is 2.42. The van der Waals surface area contributed by atoms with Crippen LogP contribution in [0.5, 0.6) is 0 Å². The quantitative estimate of drug-likeness (QED) is 0.902. The summed E-state index contributed by atoms with van der Waals surface area (Å²) in [7, 11) is 0. The Balaban J connectivity index is 2.65. The first-order chi connectivity index (χ1) is 10.7. The number of benzene rings is 1. The van der Waals surface area contributed by atoms with E-state index in [1.165, 1.54) is 18.2 Å². The van der Waals surface area contributed by atoms with E-state index in [1.807, 2.05) is 0 Å². The van der Waals surface area contributed by atoms with Crippen molar-refractivity contribution in [2.24, 2.45) is 11.7 Å². The lowest BCUT2D eigenvalue weighted by atomic mass is 9.77. The number of ether oxygens (including phenoxy) is 1. The van der Waals surface area contributed by atoms with Crippen LogP contribution in [0.4, 0.5) is 13.2 Å². The van der Waals surface area contributed by atoms with Crippen molar-refractivity contribution in [2.45, 2.75) is 18.7 Å². The van der Waals surface area contributed by atoms with E-state index in [0.717, 1.165) is 12.1 Å². The molecule has 0 fully saturated rings. The van der Waals surface area contributed by atoms with Gasteiger partial charge in [0.15, 0.2) is 0 Å². The van der Waals surface area contributed by atoms with Gasteiger partial charge < -0.3 is 10.5 Å². The average molecular weight is 346 g/mol. The van der Waals surface area contributed by atoms with Crippen LogP contribution in [0.25, 0.3) is 0 Å². The number of hydrogen-bond acceptors (Lipinski definition) is 2. The molecule has 0 saturated carbocycles. The molecule has 1 aliphatic rings. The van der Waals surface area contributed by atoms with Gasteiger partial charge in [-0.25, -0.2) is 0 Å². The number of alkyl halides is 3. The van der Waals surface area contributed by atoms with Gasteiger partial charge in [0, 0.05) is 6.61 Å². The molecule has 0 heterocycles. The molecule has 2 atom stereocenters. The first kappa shape index (κ1) is 17.6. The monoisotopic (exact) mass is 345 g/mol. The smallest absolute Gasteiger partial charge is 0.369 e. The van der Waals surface area contributed by atoms with Crippen LogP contribution in [0.2, 0.25) is 5.02 Å². The summed E-state index contributed by atoms with van der Waals surface area (Å²) in [4.78, 5) is 11.8. The summed E-state index contributed by atoms with van der Waals surface area (Å²) in [5, 5.41) is -0.418. The lowest BCUT2D eigenvalue weighted by Crippen LogP contribution is -2.44. The molecule has 0 bridgehead atoms. The molecule has 2 rings (SSSR count). The molecule has 124 valence electrons. The fraction of sp³-hybridized carbons (Fsp3) is 0.312. The first-order valence-electron chi connectivity index (χ1n) is 6.89. The maximum atomic E-state index is 13.1. The van der Waals surface area contributed by atoms with E-state index in [-0.39, 0.29) is 12.2 Å². The number of rotatable bonds is 4. The average Bonchev–Trinajstić information content (AvgIpc) is 2.46. The highest BCUT2D eigenvalue weighted by Gasteiger charge is 2.44. The number of nitrogens with two attached hydrogens (primary N) is 1. The number of carbonyl (C=O) groups excluding carboxylic acids is 1. The van der Waals surface area contributed by atoms with E-state index in [9.17, 15) is 18.0 Å². The summed E-state index contributed by atoms with van der Waals surface area (Å²) in [6, 6.07) is 3.45. The predicted octanol–water partition coefficient (Wildman–Crippen LogP) is 3.82. The Morgan fingerprint density at radius 1 is 1.39 bits per heavy atom. The van der Waals surface area contributed by atoms with E-state index >= 15 is 0 Å². The minimum absolute atomic E-state index is 0.167. The number of primary amides is 1. The molecular weight excluding hydrogens is 331 g/mol. The van der Waals surface area contributed by atoms with Gasteiger partial charge in [0.05, 0.1) is 16.5 Å². The van der Waals surface area contributed by atoms with Crippen LogP contribution < -0.4 is 5.73 Å². The van der Waals surface area contributed by atoms with Gasteiger partial charge >= 0.3 is 6.18 Å². The fourth-order valence-corrected chi connectivity index (χ4v) is 2.87. The molecule has 1 aliphatic carbocycles. The summed E-state index contributed by atoms with van der Waals surface area (Å²) in [5.41, 5.74) is 3.21. The largest absolute Gasteiger partial charge is 0.417 e. The van der Waals surface area contributed by atoms with Crippen LogP contribution in [-0.4, -0.2) is 12.5 Å². The normalized spacial score (nSPS) is 24.0. The molecule has 0 radical (unpaired) electrons. The van der Waals surface area contributed by atoms with Gasteiger partial charge in [-0.05, 0) is 30.7 Å². The Bertz CT molecular complexity index is 670. The van der Waals surface area contributed by atoms with Gasteiger partial charge in [-0.1, -0.05) is 35.9 Å². The van der Waals surface area contributed by atoms with Gasteiger partial charge in [0.2, 0.25) is 5.91 Å². The fourth-order valence-electron chi connectivity index (χ4n) is 2.65. The van der Waals surface area contributed by atoms with E-state index in [1.54, 1.807) is 19.1 Å². The molecule has 0 spiro atoms. The van der Waals surface area contributed by atoms with Crippen LogP contribution in [0.3, 0.4) is 0 Å². The molecule has 7 heteroatoms. The topological polar surface area (TPSA) is 52.3 Å². The summed E-state index contributed by atoms with van der Waals surface area (Å²) in [6.07, 6.45) is 1.65. The molecule has 1 aromatic carbocycles. The lowest BCUT2D eigenvalue weighted by molar-refractivity contribution is -0.137. The Labute approximate surface area is 136 Å². The van der Waals surface area contributed by atoms with Gasteiger partial charge in [-0.2, -0.15) is 13.2 Å². The number of amides is 1. The van der Waals surface area contributed by atoms with Crippen molar-refractivity contribution in [1.82, 2.24) is 0 Å². The zero-order valence-electron chi connectivity index (χ0n) is 12.2. The maximum Gasteiger partial charge on any atom is 0.417 e. The standard InChI is InChI=1S/C16H15ClF3NO2/c1-2-23-15(8-4-3-5-11(15)14(21)22)10-6-7-13(17)12(9-10)16(18,19)20/h3-9,11H,2H2,1H3,(H2,21,22). The predicted molar refractivity (Wildman–Crippen MR) is 80.7 cm³/mol. The highest BCUT2D eigenvalue weighted by molar-refractivity contribution is 6.31. The van der Waals surface area contributed by atoms with Crippen LogP contribution in [0.1, 0.15) is 18.1 Å². The number of carbonyl (C=O) groups is 1. The van der Waals surface area contributed by atoms with E-state index < -0.39 is 34.2 Å². The van der Waals surface area contributed by atoms with Crippen molar-refractivity contribution < 1.29 is 22.7 Å². The van der Waals surface area contributed by atoms with Gasteiger partial charge in [0.1, 0.15) is 5.60 Å². The second kappa shape index (κ2) is 6.37. The molecule has 0 aromatic heterocycles. The number of hydrogen-bond donors (Lipinski definition) is 1. The summed E-state index contributed by atoms with van der Waals surface area (Å²) < 4.78 is 45.0. The molecule has 23 heavy (non-hydrogen) atoms. The SMILES string of the molecule is CCOC1(c2ccc(Cl)c(C(F)(F)F)c2)C=CC=CC1C(N)=O. The first-order valence-corrected chi connectivity index (χ1v) is 7.26. The second-order valence-corrected chi connectivity index (χ2v) is 5.45. The third-order valence-electron chi connectivity index (χ3n) is 3.63. The minimum atomic E-state index is -4.61. The zero-order valence-corrected chi connectivity index (χ0v) is 13.0. The Hall–Kier alpha value is -1.79.